The van der Waals surface area contributed by atoms with Gasteiger partial charge < -0.3 is 10.1 Å². The number of carbonyl (C=O) groups excluding carboxylic acids is 3. The van der Waals surface area contributed by atoms with Gasteiger partial charge in [-0.05, 0) is 59.0 Å². The number of nitrogens with one attached hydrogen (secondary N) is 1. The predicted molar refractivity (Wildman–Crippen MR) is 118 cm³/mol. The molecule has 6 nitrogen and oxygen atoms in total. The molecule has 1 aliphatic heterocycles. The number of ether oxygens (including phenoxy) is 1. The van der Waals surface area contributed by atoms with Gasteiger partial charge in [0.05, 0.1) is 29.5 Å². The Labute approximate surface area is 180 Å². The predicted octanol–water partition coefficient (Wildman–Crippen LogP) is 4.35. The molecular weight excluding hydrogens is 483 g/mol. The topological polar surface area (TPSA) is 75.7 Å². The zero-order valence-electron chi connectivity index (χ0n) is 15.3. The smallest absolute Gasteiger partial charge is 0.266 e. The number of fused-ring (bicyclic) bond motifs is 1. The Kier molecular flexibility index (Phi) is 5.06. The van der Waals surface area contributed by atoms with Crippen LogP contribution in [-0.2, 0) is 0 Å². The fourth-order valence-electron chi connectivity index (χ4n) is 3.19. The molecule has 144 valence electrons. The average molecular weight is 498 g/mol. The van der Waals surface area contributed by atoms with E-state index in [-0.39, 0.29) is 5.91 Å². The van der Waals surface area contributed by atoms with E-state index in [1.165, 1.54) is 7.11 Å². The molecule has 0 saturated heterocycles. The number of halogens is 1. The Bertz CT molecular complexity index is 1120. The van der Waals surface area contributed by atoms with Gasteiger partial charge >= 0.3 is 0 Å². The first-order valence-electron chi connectivity index (χ1n) is 8.73. The summed E-state index contributed by atoms with van der Waals surface area (Å²) in [6, 6.07) is 18.7. The lowest BCUT2D eigenvalue weighted by Crippen LogP contribution is -2.29. The Morgan fingerprint density at radius 2 is 1.55 bits per heavy atom. The lowest BCUT2D eigenvalue weighted by molar-refractivity contribution is 0.0923. The summed E-state index contributed by atoms with van der Waals surface area (Å²) >= 11 is 2.10. The van der Waals surface area contributed by atoms with Crippen LogP contribution in [-0.4, -0.2) is 24.8 Å². The number of rotatable bonds is 4. The van der Waals surface area contributed by atoms with Crippen molar-refractivity contribution in [3.05, 3.63) is 87.0 Å². The van der Waals surface area contributed by atoms with Crippen LogP contribution >= 0.6 is 22.6 Å². The van der Waals surface area contributed by atoms with E-state index >= 15 is 0 Å². The second-order valence-corrected chi connectivity index (χ2v) is 7.47. The fraction of sp³-hybridized carbons (Fsp3) is 0.0455. The van der Waals surface area contributed by atoms with Crippen LogP contribution in [0.25, 0.3) is 0 Å². The molecule has 0 unspecified atom stereocenters. The van der Waals surface area contributed by atoms with Gasteiger partial charge in [0.1, 0.15) is 5.75 Å². The molecule has 0 atom stereocenters. The first-order valence-corrected chi connectivity index (χ1v) is 9.81. The Morgan fingerprint density at radius 1 is 0.931 bits per heavy atom. The van der Waals surface area contributed by atoms with Gasteiger partial charge in [-0.1, -0.05) is 24.3 Å². The van der Waals surface area contributed by atoms with Crippen molar-refractivity contribution in [3.63, 3.8) is 0 Å². The minimum absolute atomic E-state index is 0.259. The van der Waals surface area contributed by atoms with Crippen LogP contribution in [0.2, 0.25) is 0 Å². The molecule has 0 spiro atoms. The van der Waals surface area contributed by atoms with Crippen LogP contribution in [0.4, 0.5) is 11.4 Å². The van der Waals surface area contributed by atoms with Crippen LogP contribution in [0, 0.1) is 3.57 Å². The summed E-state index contributed by atoms with van der Waals surface area (Å²) in [7, 11) is 1.45. The van der Waals surface area contributed by atoms with E-state index in [9.17, 15) is 14.4 Å². The van der Waals surface area contributed by atoms with Gasteiger partial charge in [0, 0.05) is 15.3 Å². The van der Waals surface area contributed by atoms with Crippen molar-refractivity contribution >= 4 is 51.7 Å². The largest absolute Gasteiger partial charge is 0.494 e. The van der Waals surface area contributed by atoms with Crippen molar-refractivity contribution in [2.75, 3.05) is 17.3 Å². The van der Waals surface area contributed by atoms with E-state index < -0.39 is 11.8 Å². The SMILES string of the molecule is COc1cc(NC(=O)c2ccccc2I)ccc1N1C(=O)c2ccccc2C1=O. The maximum atomic E-state index is 12.7. The number of methoxy groups -OCH3 is 1. The molecule has 0 aliphatic carbocycles. The van der Waals surface area contributed by atoms with Crippen LogP contribution < -0.4 is 15.0 Å². The van der Waals surface area contributed by atoms with Crippen molar-refractivity contribution in [1.29, 1.82) is 0 Å². The molecule has 0 bridgehead atoms. The molecule has 4 rings (SSSR count). The van der Waals surface area contributed by atoms with E-state index in [0.717, 1.165) is 8.47 Å². The number of imide groups is 1. The van der Waals surface area contributed by atoms with Crippen LogP contribution in [0.15, 0.2) is 66.7 Å². The number of hydrogen-bond acceptors (Lipinski definition) is 4. The Balaban J connectivity index is 1.65. The summed E-state index contributed by atoms with van der Waals surface area (Å²) < 4.78 is 6.24. The fourth-order valence-corrected chi connectivity index (χ4v) is 3.82. The van der Waals surface area contributed by atoms with Crippen molar-refractivity contribution < 1.29 is 19.1 Å². The van der Waals surface area contributed by atoms with Gasteiger partial charge in [-0.25, -0.2) is 4.90 Å². The van der Waals surface area contributed by atoms with Gasteiger partial charge in [0.25, 0.3) is 17.7 Å². The van der Waals surface area contributed by atoms with Gasteiger partial charge in [0.2, 0.25) is 0 Å². The molecule has 1 N–H and O–H groups in total. The third kappa shape index (κ3) is 3.38. The highest BCUT2D eigenvalue weighted by molar-refractivity contribution is 14.1. The van der Waals surface area contributed by atoms with Crippen molar-refractivity contribution in [1.82, 2.24) is 0 Å². The van der Waals surface area contributed by atoms with Gasteiger partial charge in [-0.15, -0.1) is 0 Å². The molecule has 0 saturated carbocycles. The highest BCUT2D eigenvalue weighted by Crippen LogP contribution is 2.36. The van der Waals surface area contributed by atoms with Crippen molar-refractivity contribution in [2.24, 2.45) is 0 Å². The second-order valence-electron chi connectivity index (χ2n) is 6.31. The molecule has 0 aromatic heterocycles. The van der Waals surface area contributed by atoms with E-state index in [4.69, 9.17) is 4.74 Å². The van der Waals surface area contributed by atoms with Gasteiger partial charge in [-0.3, -0.25) is 14.4 Å². The van der Waals surface area contributed by atoms with E-state index in [2.05, 4.69) is 27.9 Å². The number of benzene rings is 3. The van der Waals surface area contributed by atoms with E-state index in [1.807, 2.05) is 12.1 Å². The van der Waals surface area contributed by atoms with Crippen molar-refractivity contribution in [2.45, 2.75) is 0 Å². The quantitative estimate of drug-likeness (QED) is 0.429. The molecule has 1 heterocycles. The normalized spacial score (nSPS) is 12.7. The number of carbonyl (C=O) groups is 3. The molecule has 0 radical (unpaired) electrons. The summed E-state index contributed by atoms with van der Waals surface area (Å²) in [6.45, 7) is 0. The first kappa shape index (κ1) is 19.1. The minimum Gasteiger partial charge on any atom is -0.494 e. The minimum atomic E-state index is -0.403. The molecule has 3 amide bonds. The number of anilines is 2. The lowest BCUT2D eigenvalue weighted by Gasteiger charge is -2.18. The first-order chi connectivity index (χ1) is 14.0. The molecule has 29 heavy (non-hydrogen) atoms. The van der Waals surface area contributed by atoms with Gasteiger partial charge in [-0.2, -0.15) is 0 Å². The van der Waals surface area contributed by atoms with Crippen LogP contribution in [0.5, 0.6) is 5.75 Å². The van der Waals surface area contributed by atoms with Crippen LogP contribution in [0.3, 0.4) is 0 Å². The molecule has 7 heteroatoms. The highest BCUT2D eigenvalue weighted by atomic mass is 127. The summed E-state index contributed by atoms with van der Waals surface area (Å²) in [5.74, 6) is -0.760. The summed E-state index contributed by atoms with van der Waals surface area (Å²) in [6.07, 6.45) is 0. The third-order valence-electron chi connectivity index (χ3n) is 4.59. The van der Waals surface area contributed by atoms with Crippen molar-refractivity contribution in [3.8, 4) is 5.75 Å². The number of hydrogen-bond donors (Lipinski definition) is 1. The summed E-state index contributed by atoms with van der Waals surface area (Å²) in [4.78, 5) is 39.1. The summed E-state index contributed by atoms with van der Waals surface area (Å²) in [5.41, 5.74) is 2.08. The third-order valence-corrected chi connectivity index (χ3v) is 5.53. The standard InChI is InChI=1S/C22H15IN2O4/c1-29-19-12-13(24-20(26)16-8-4-5-9-17(16)23)10-11-18(19)25-21(27)14-6-2-3-7-15(14)22(25)28/h2-12H,1H3,(H,24,26). The maximum absolute atomic E-state index is 12.7. The monoisotopic (exact) mass is 498 g/mol. The highest BCUT2D eigenvalue weighted by Gasteiger charge is 2.37. The Hall–Kier alpha value is -3.20. The Morgan fingerprint density at radius 3 is 2.17 bits per heavy atom. The molecule has 0 fully saturated rings. The lowest BCUT2D eigenvalue weighted by atomic mass is 10.1. The van der Waals surface area contributed by atoms with Crippen LogP contribution in [0.1, 0.15) is 31.1 Å². The maximum Gasteiger partial charge on any atom is 0.266 e. The molecule has 1 aliphatic rings. The molecule has 3 aromatic rings. The number of amides is 3. The zero-order valence-corrected chi connectivity index (χ0v) is 17.5. The van der Waals surface area contributed by atoms with E-state index in [1.54, 1.807) is 54.6 Å². The van der Waals surface area contributed by atoms with E-state index in [0.29, 0.717) is 33.8 Å². The number of nitrogens with zero attached hydrogens (tertiary/aromatic N) is 1. The zero-order chi connectivity index (χ0) is 20.5. The molecular formula is C22H15IN2O4. The summed E-state index contributed by atoms with van der Waals surface area (Å²) in [5, 5.41) is 2.82. The average Bonchev–Trinajstić information content (AvgIpc) is 2.99. The molecule has 3 aromatic carbocycles. The van der Waals surface area contributed by atoms with Gasteiger partial charge in [0.15, 0.2) is 0 Å². The second kappa shape index (κ2) is 7.67.